The maximum atomic E-state index is 12.2. The zero-order chi connectivity index (χ0) is 18.6. The summed E-state index contributed by atoms with van der Waals surface area (Å²) in [6.07, 6.45) is 0. The van der Waals surface area contributed by atoms with Crippen LogP contribution in [0.25, 0.3) is 0 Å². The molecule has 0 saturated heterocycles. The summed E-state index contributed by atoms with van der Waals surface area (Å²) in [5.74, 6) is -0.328. The molecule has 0 bridgehead atoms. The van der Waals surface area contributed by atoms with Crippen LogP contribution in [-0.4, -0.2) is 16.5 Å². The molecule has 6 nitrogen and oxygen atoms in total. The van der Waals surface area contributed by atoms with Crippen LogP contribution in [0, 0.1) is 10.1 Å². The average molecular weight is 339 g/mol. The molecule has 25 heavy (non-hydrogen) atoms. The smallest absolute Gasteiger partial charge is 0.267 e. The van der Waals surface area contributed by atoms with E-state index in [-0.39, 0.29) is 17.0 Å². The monoisotopic (exact) mass is 339 g/mol. The Hall–Kier alpha value is -3.02. The predicted molar refractivity (Wildman–Crippen MR) is 97.9 cm³/mol. The van der Waals surface area contributed by atoms with E-state index >= 15 is 0 Å². The van der Waals surface area contributed by atoms with Crippen molar-refractivity contribution in [3.8, 4) is 0 Å². The summed E-state index contributed by atoms with van der Waals surface area (Å²) < 4.78 is 0. The third-order valence-corrected chi connectivity index (χ3v) is 3.81. The lowest BCUT2D eigenvalue weighted by Gasteiger charge is -2.18. The van der Waals surface area contributed by atoms with Crippen molar-refractivity contribution >= 4 is 17.3 Å². The van der Waals surface area contributed by atoms with E-state index in [1.807, 2.05) is 12.1 Å². The molecule has 0 aliphatic carbocycles. The fraction of sp³-hybridized carbons (Fsp3) is 0.263. The van der Waals surface area contributed by atoms with Crippen molar-refractivity contribution in [1.29, 1.82) is 0 Å². The molecule has 0 unspecified atom stereocenters. The first-order chi connectivity index (χ1) is 11.7. The predicted octanol–water partition coefficient (Wildman–Crippen LogP) is 4.05. The van der Waals surface area contributed by atoms with Crippen LogP contribution in [0.2, 0.25) is 0 Å². The van der Waals surface area contributed by atoms with Gasteiger partial charge in [0.1, 0.15) is 0 Å². The molecule has 0 aromatic heterocycles. The van der Waals surface area contributed by atoms with Gasteiger partial charge in [-0.3, -0.25) is 14.9 Å². The van der Waals surface area contributed by atoms with Crippen molar-refractivity contribution in [2.45, 2.75) is 33.1 Å². The number of carbonyl (C=O) groups is 1. The number of hydrazone groups is 1. The second-order valence-electron chi connectivity index (χ2n) is 6.77. The highest BCUT2D eigenvalue weighted by Crippen LogP contribution is 2.22. The van der Waals surface area contributed by atoms with Gasteiger partial charge in [0.25, 0.3) is 11.6 Å². The van der Waals surface area contributed by atoms with E-state index in [1.54, 1.807) is 31.2 Å². The van der Waals surface area contributed by atoms with Crippen LogP contribution in [-0.2, 0) is 5.41 Å². The number of nitro benzene ring substituents is 1. The van der Waals surface area contributed by atoms with Gasteiger partial charge in [0.15, 0.2) is 0 Å². The molecule has 0 aliphatic rings. The normalized spacial score (nSPS) is 11.9. The number of nitrogens with one attached hydrogen (secondary N) is 1. The number of amides is 1. The molecule has 1 N–H and O–H groups in total. The third-order valence-electron chi connectivity index (χ3n) is 3.81. The van der Waals surface area contributed by atoms with Gasteiger partial charge in [0, 0.05) is 23.3 Å². The van der Waals surface area contributed by atoms with Gasteiger partial charge < -0.3 is 0 Å². The van der Waals surface area contributed by atoms with Gasteiger partial charge in [-0.1, -0.05) is 45.0 Å². The third kappa shape index (κ3) is 4.73. The van der Waals surface area contributed by atoms with Gasteiger partial charge in [-0.05, 0) is 30.0 Å². The van der Waals surface area contributed by atoms with Gasteiger partial charge in [0.2, 0.25) is 0 Å². The Morgan fingerprint density at radius 1 is 1.08 bits per heavy atom. The minimum atomic E-state index is -0.466. The van der Waals surface area contributed by atoms with E-state index in [0.29, 0.717) is 16.8 Å². The Morgan fingerprint density at radius 3 is 2.28 bits per heavy atom. The Kier molecular flexibility index (Phi) is 5.32. The zero-order valence-corrected chi connectivity index (χ0v) is 14.7. The van der Waals surface area contributed by atoms with E-state index in [4.69, 9.17) is 0 Å². The lowest BCUT2D eigenvalue weighted by Crippen LogP contribution is -2.20. The maximum absolute atomic E-state index is 12.2. The van der Waals surface area contributed by atoms with Crippen LogP contribution in [0.3, 0.4) is 0 Å². The van der Waals surface area contributed by atoms with Gasteiger partial charge in [-0.2, -0.15) is 5.10 Å². The van der Waals surface area contributed by atoms with Crippen molar-refractivity contribution in [1.82, 2.24) is 5.43 Å². The number of nitrogens with zero attached hydrogens (tertiary/aromatic N) is 2. The minimum Gasteiger partial charge on any atom is -0.267 e. The summed E-state index contributed by atoms with van der Waals surface area (Å²) >= 11 is 0. The number of hydrogen-bond acceptors (Lipinski definition) is 4. The molecule has 6 heteroatoms. The summed E-state index contributed by atoms with van der Waals surface area (Å²) in [5.41, 5.74) is 5.20. The minimum absolute atomic E-state index is 0.0175. The van der Waals surface area contributed by atoms with Gasteiger partial charge in [0.05, 0.1) is 10.6 Å². The molecule has 0 radical (unpaired) electrons. The van der Waals surface area contributed by atoms with E-state index in [9.17, 15) is 14.9 Å². The van der Waals surface area contributed by atoms with Crippen LogP contribution in [0.4, 0.5) is 5.69 Å². The zero-order valence-electron chi connectivity index (χ0n) is 14.7. The number of non-ortho nitro benzene ring substituents is 1. The molecule has 0 atom stereocenters. The molecule has 2 rings (SSSR count). The first-order valence-electron chi connectivity index (χ1n) is 7.88. The summed E-state index contributed by atoms with van der Waals surface area (Å²) in [6.45, 7) is 8.00. The molecular weight excluding hydrogens is 318 g/mol. The highest BCUT2D eigenvalue weighted by Gasteiger charge is 2.14. The largest absolute Gasteiger partial charge is 0.271 e. The summed E-state index contributed by atoms with van der Waals surface area (Å²) in [6, 6.07) is 13.5. The number of rotatable bonds is 4. The quantitative estimate of drug-likeness (QED) is 0.518. The van der Waals surface area contributed by atoms with Gasteiger partial charge in [-0.15, -0.1) is 0 Å². The molecule has 0 saturated carbocycles. The Labute approximate surface area is 146 Å². The van der Waals surface area contributed by atoms with Gasteiger partial charge in [-0.25, -0.2) is 5.43 Å². The number of hydrogen-bond donors (Lipinski definition) is 1. The highest BCUT2D eigenvalue weighted by molar-refractivity contribution is 6.01. The fourth-order valence-electron chi connectivity index (χ4n) is 2.23. The number of carbonyl (C=O) groups excluding carboxylic acids is 1. The maximum Gasteiger partial charge on any atom is 0.271 e. The molecule has 0 heterocycles. The van der Waals surface area contributed by atoms with E-state index in [0.717, 1.165) is 5.56 Å². The first kappa shape index (κ1) is 18.3. The second-order valence-corrected chi connectivity index (χ2v) is 6.77. The first-order valence-corrected chi connectivity index (χ1v) is 7.88. The molecule has 1 amide bonds. The molecule has 0 spiro atoms. The van der Waals surface area contributed by atoms with Crippen molar-refractivity contribution in [3.05, 3.63) is 75.3 Å². The van der Waals surface area contributed by atoms with Crippen LogP contribution >= 0.6 is 0 Å². The Morgan fingerprint density at radius 2 is 1.72 bits per heavy atom. The molecule has 130 valence electrons. The van der Waals surface area contributed by atoms with Crippen molar-refractivity contribution in [3.63, 3.8) is 0 Å². The number of benzene rings is 2. The summed E-state index contributed by atoms with van der Waals surface area (Å²) in [7, 11) is 0. The summed E-state index contributed by atoms with van der Waals surface area (Å²) in [5, 5.41) is 14.9. The van der Waals surface area contributed by atoms with Crippen LogP contribution < -0.4 is 5.43 Å². The molecular formula is C19H21N3O3. The molecule has 0 fully saturated rings. The van der Waals surface area contributed by atoms with Crippen LogP contribution in [0.1, 0.15) is 49.2 Å². The van der Waals surface area contributed by atoms with Crippen molar-refractivity contribution in [2.24, 2.45) is 5.10 Å². The van der Waals surface area contributed by atoms with Crippen LogP contribution in [0.15, 0.2) is 53.6 Å². The van der Waals surface area contributed by atoms with E-state index < -0.39 is 4.92 Å². The molecule has 2 aromatic carbocycles. The average Bonchev–Trinajstić information content (AvgIpc) is 2.58. The Balaban J connectivity index is 2.11. The SMILES string of the molecule is C/C(=N/NC(=O)c1ccc(C(C)(C)C)cc1)c1cccc([N+](=O)[O-])c1. The van der Waals surface area contributed by atoms with Crippen molar-refractivity contribution in [2.75, 3.05) is 0 Å². The summed E-state index contributed by atoms with van der Waals surface area (Å²) in [4.78, 5) is 22.5. The van der Waals surface area contributed by atoms with Crippen LogP contribution in [0.5, 0.6) is 0 Å². The molecule has 2 aromatic rings. The topological polar surface area (TPSA) is 84.6 Å². The van der Waals surface area contributed by atoms with E-state index in [1.165, 1.54) is 12.1 Å². The lowest BCUT2D eigenvalue weighted by atomic mass is 9.87. The van der Waals surface area contributed by atoms with Crippen molar-refractivity contribution < 1.29 is 9.72 Å². The van der Waals surface area contributed by atoms with E-state index in [2.05, 4.69) is 31.3 Å². The Bertz CT molecular complexity index is 819. The number of nitro groups is 1. The second kappa shape index (κ2) is 7.25. The fourth-order valence-corrected chi connectivity index (χ4v) is 2.23. The van der Waals surface area contributed by atoms with Gasteiger partial charge >= 0.3 is 0 Å². The highest BCUT2D eigenvalue weighted by atomic mass is 16.6. The standard InChI is InChI=1S/C19H21N3O3/c1-13(15-6-5-7-17(12-15)22(24)25)20-21-18(23)14-8-10-16(11-9-14)19(2,3)4/h5-12H,1-4H3,(H,21,23)/b20-13-. The lowest BCUT2D eigenvalue weighted by molar-refractivity contribution is -0.384. The molecule has 0 aliphatic heterocycles.